The molecule has 0 fully saturated rings. The van der Waals surface area contributed by atoms with Gasteiger partial charge in [-0.05, 0) is 30.5 Å². The zero-order valence-electron chi connectivity index (χ0n) is 9.64. The van der Waals surface area contributed by atoms with Gasteiger partial charge in [-0.25, -0.2) is 0 Å². The van der Waals surface area contributed by atoms with Gasteiger partial charge in [0.05, 0.1) is 15.5 Å². The molecule has 0 aromatic carbocycles. The van der Waals surface area contributed by atoms with Crippen molar-refractivity contribution >= 4 is 46.3 Å². The number of fused-ring (bicyclic) bond motifs is 1. The topological polar surface area (TPSA) is 42.0 Å². The van der Waals surface area contributed by atoms with Crippen LogP contribution >= 0.6 is 23.1 Å². The van der Waals surface area contributed by atoms with Gasteiger partial charge < -0.3 is 5.32 Å². The lowest BCUT2D eigenvalue weighted by Crippen LogP contribution is -2.03. The van der Waals surface area contributed by atoms with Crippen LogP contribution in [0.15, 0.2) is 34.8 Å². The first kappa shape index (κ1) is 11.5. The summed E-state index contributed by atoms with van der Waals surface area (Å²) < 4.78 is 1.24. The van der Waals surface area contributed by atoms with Crippen molar-refractivity contribution < 1.29 is 4.79 Å². The van der Waals surface area contributed by atoms with Gasteiger partial charge in [-0.1, -0.05) is 0 Å². The Hall–Kier alpha value is -1.59. The van der Waals surface area contributed by atoms with Gasteiger partial charge in [0.1, 0.15) is 0 Å². The number of hydrogen-bond donors (Lipinski definition) is 1. The lowest BCUT2D eigenvalue weighted by atomic mass is 10.1. The van der Waals surface area contributed by atoms with E-state index in [4.69, 9.17) is 0 Å². The predicted octanol–water partition coefficient (Wildman–Crippen LogP) is 3.36. The number of aromatic nitrogens is 1. The van der Waals surface area contributed by atoms with E-state index in [2.05, 4.69) is 16.4 Å². The molecule has 0 saturated carbocycles. The van der Waals surface area contributed by atoms with Crippen molar-refractivity contribution in [1.82, 2.24) is 4.98 Å². The van der Waals surface area contributed by atoms with E-state index in [1.54, 1.807) is 35.5 Å². The van der Waals surface area contributed by atoms with E-state index in [0.717, 1.165) is 16.1 Å². The highest BCUT2D eigenvalue weighted by atomic mass is 32.2. The molecule has 2 aromatic heterocycles. The Kier molecular flexibility index (Phi) is 2.93. The second-order valence-corrected chi connectivity index (χ2v) is 6.02. The van der Waals surface area contributed by atoms with Crippen LogP contribution in [0.2, 0.25) is 0 Å². The number of rotatable bonds is 2. The molecule has 0 saturated heterocycles. The third-order valence-corrected chi connectivity index (χ3v) is 4.81. The first-order valence-corrected chi connectivity index (χ1v) is 7.43. The standard InChI is InChI=1S/C13H10N2OS2/c1-17-12-3-2-8(18-12)6-9-10-7-14-5-4-11(10)15-13(9)16/h2-7H,1H3,(H,15,16). The molecule has 1 amide bonds. The van der Waals surface area contributed by atoms with Crippen LogP contribution in [0.4, 0.5) is 5.69 Å². The number of pyridine rings is 1. The van der Waals surface area contributed by atoms with Crippen LogP contribution in [0.25, 0.3) is 11.6 Å². The molecule has 3 nitrogen and oxygen atoms in total. The van der Waals surface area contributed by atoms with Gasteiger partial charge >= 0.3 is 0 Å². The third kappa shape index (κ3) is 1.95. The normalized spacial score (nSPS) is 15.8. The van der Waals surface area contributed by atoms with Crippen molar-refractivity contribution in [2.75, 3.05) is 11.6 Å². The predicted molar refractivity (Wildman–Crippen MR) is 76.8 cm³/mol. The summed E-state index contributed by atoms with van der Waals surface area (Å²) in [4.78, 5) is 17.1. The maximum absolute atomic E-state index is 11.9. The van der Waals surface area contributed by atoms with Gasteiger partial charge in [0.2, 0.25) is 0 Å². The van der Waals surface area contributed by atoms with E-state index in [9.17, 15) is 4.79 Å². The Morgan fingerprint density at radius 2 is 2.28 bits per heavy atom. The summed E-state index contributed by atoms with van der Waals surface area (Å²) in [5, 5.41) is 2.84. The quantitative estimate of drug-likeness (QED) is 0.674. The number of anilines is 1. The highest BCUT2D eigenvalue weighted by Crippen LogP contribution is 2.34. The third-order valence-electron chi connectivity index (χ3n) is 2.69. The van der Waals surface area contributed by atoms with Crippen LogP contribution in [0, 0.1) is 0 Å². The molecule has 0 aliphatic carbocycles. The van der Waals surface area contributed by atoms with Crippen LogP contribution in [-0.4, -0.2) is 17.1 Å². The van der Waals surface area contributed by atoms with E-state index < -0.39 is 0 Å². The Morgan fingerprint density at radius 3 is 3.06 bits per heavy atom. The van der Waals surface area contributed by atoms with Gasteiger partial charge in [0.25, 0.3) is 5.91 Å². The summed E-state index contributed by atoms with van der Waals surface area (Å²) in [5.74, 6) is -0.0582. The van der Waals surface area contributed by atoms with Crippen molar-refractivity contribution in [3.05, 3.63) is 41.0 Å². The zero-order valence-corrected chi connectivity index (χ0v) is 11.3. The highest BCUT2D eigenvalue weighted by molar-refractivity contribution is 8.00. The molecule has 18 heavy (non-hydrogen) atoms. The minimum atomic E-state index is -0.0582. The van der Waals surface area contributed by atoms with Crippen molar-refractivity contribution in [2.24, 2.45) is 0 Å². The zero-order chi connectivity index (χ0) is 12.5. The maximum Gasteiger partial charge on any atom is 0.256 e. The number of thiophene rings is 1. The van der Waals surface area contributed by atoms with Crippen molar-refractivity contribution in [3.63, 3.8) is 0 Å². The molecule has 0 bridgehead atoms. The van der Waals surface area contributed by atoms with E-state index in [1.165, 1.54) is 4.21 Å². The van der Waals surface area contributed by atoms with E-state index in [0.29, 0.717) is 5.57 Å². The van der Waals surface area contributed by atoms with Gasteiger partial charge in [-0.2, -0.15) is 0 Å². The number of carbonyl (C=O) groups excluding carboxylic acids is 1. The number of nitrogens with one attached hydrogen (secondary N) is 1. The number of carbonyl (C=O) groups is 1. The first-order valence-electron chi connectivity index (χ1n) is 5.39. The first-order chi connectivity index (χ1) is 8.78. The van der Waals surface area contributed by atoms with Crippen LogP contribution in [0.5, 0.6) is 0 Å². The van der Waals surface area contributed by atoms with Crippen LogP contribution < -0.4 is 5.32 Å². The largest absolute Gasteiger partial charge is 0.321 e. The number of thioether (sulfide) groups is 1. The van der Waals surface area contributed by atoms with Crippen LogP contribution in [-0.2, 0) is 4.79 Å². The molecule has 3 heterocycles. The fraction of sp³-hybridized carbons (Fsp3) is 0.0769. The summed E-state index contributed by atoms with van der Waals surface area (Å²) in [6.45, 7) is 0. The van der Waals surface area contributed by atoms with E-state index in [-0.39, 0.29) is 5.91 Å². The molecule has 2 aromatic rings. The lowest BCUT2D eigenvalue weighted by molar-refractivity contribution is -0.110. The van der Waals surface area contributed by atoms with Crippen LogP contribution in [0.3, 0.4) is 0 Å². The molecule has 0 atom stereocenters. The molecule has 5 heteroatoms. The second kappa shape index (κ2) is 4.59. The van der Waals surface area contributed by atoms with Gasteiger partial charge in [-0.3, -0.25) is 9.78 Å². The average molecular weight is 274 g/mol. The van der Waals surface area contributed by atoms with Gasteiger partial charge in [0.15, 0.2) is 0 Å². The number of nitrogens with zero attached hydrogens (tertiary/aromatic N) is 1. The number of hydrogen-bond acceptors (Lipinski definition) is 4. The van der Waals surface area contributed by atoms with Crippen molar-refractivity contribution in [1.29, 1.82) is 0 Å². The molecule has 3 rings (SSSR count). The minimum absolute atomic E-state index is 0.0582. The second-order valence-electron chi connectivity index (χ2n) is 3.79. The minimum Gasteiger partial charge on any atom is -0.321 e. The van der Waals surface area contributed by atoms with E-state index >= 15 is 0 Å². The summed E-state index contributed by atoms with van der Waals surface area (Å²) in [6, 6.07) is 5.92. The maximum atomic E-state index is 11.9. The van der Waals surface area contributed by atoms with Gasteiger partial charge in [-0.15, -0.1) is 23.1 Å². The van der Waals surface area contributed by atoms with E-state index in [1.807, 2.05) is 24.5 Å². The summed E-state index contributed by atoms with van der Waals surface area (Å²) in [6.07, 6.45) is 7.37. The van der Waals surface area contributed by atoms with Crippen molar-refractivity contribution in [3.8, 4) is 0 Å². The Bertz CT molecular complexity index is 646. The molecule has 1 N–H and O–H groups in total. The summed E-state index contributed by atoms with van der Waals surface area (Å²) in [7, 11) is 0. The smallest absolute Gasteiger partial charge is 0.256 e. The summed E-state index contributed by atoms with van der Waals surface area (Å²) in [5.41, 5.74) is 2.40. The SMILES string of the molecule is CSc1ccc(C=C2C(=O)Nc3ccncc32)s1. The van der Waals surface area contributed by atoms with Crippen molar-refractivity contribution in [2.45, 2.75) is 4.21 Å². The number of amides is 1. The lowest BCUT2D eigenvalue weighted by Gasteiger charge is -1.95. The molecular formula is C13H10N2OS2. The fourth-order valence-corrected chi connectivity index (χ4v) is 3.34. The fourth-order valence-electron chi connectivity index (χ4n) is 1.84. The Morgan fingerprint density at radius 1 is 1.39 bits per heavy atom. The monoisotopic (exact) mass is 274 g/mol. The summed E-state index contributed by atoms with van der Waals surface area (Å²) >= 11 is 3.39. The Balaban J connectivity index is 2.04. The molecule has 0 radical (unpaired) electrons. The molecule has 0 spiro atoms. The molecule has 1 aliphatic rings. The molecular weight excluding hydrogens is 264 g/mol. The molecule has 0 unspecified atom stereocenters. The van der Waals surface area contributed by atoms with Gasteiger partial charge in [0, 0.05) is 22.8 Å². The average Bonchev–Trinajstić information content (AvgIpc) is 2.96. The molecule has 1 aliphatic heterocycles. The highest BCUT2D eigenvalue weighted by Gasteiger charge is 2.23. The van der Waals surface area contributed by atoms with Crippen LogP contribution in [0.1, 0.15) is 10.4 Å². The molecule has 90 valence electrons. The Labute approximate surface area is 113 Å².